The number of nitrogens with one attached hydrogen (secondary N) is 1. The quantitative estimate of drug-likeness (QED) is 0.835. The number of carbonyl (C=O) groups is 1. The number of thioether (sulfide) groups is 1. The maximum absolute atomic E-state index is 12.1. The Morgan fingerprint density at radius 2 is 2.00 bits per heavy atom. The monoisotopic (exact) mass is 281 g/mol. The lowest BCUT2D eigenvalue weighted by atomic mass is 10.2. The Kier molecular flexibility index (Phi) is 5.39. The normalized spacial score (nSPS) is 22.9. The van der Waals surface area contributed by atoms with Crippen molar-refractivity contribution >= 4 is 16.9 Å². The van der Waals surface area contributed by atoms with Crippen LogP contribution in [0.15, 0.2) is 30.3 Å². The first kappa shape index (κ1) is 14.5. The van der Waals surface area contributed by atoms with E-state index >= 15 is 0 Å². The Morgan fingerprint density at radius 3 is 2.63 bits per heavy atom. The second-order valence-corrected chi connectivity index (χ2v) is 5.76. The minimum absolute atomic E-state index is 0.124. The summed E-state index contributed by atoms with van der Waals surface area (Å²) in [4.78, 5) is 12.1. The summed E-state index contributed by atoms with van der Waals surface area (Å²) in [7, 11) is 3.26. The van der Waals surface area contributed by atoms with Gasteiger partial charge in [0.25, 0.3) is 0 Å². The molecule has 4 nitrogen and oxygen atoms in total. The zero-order valence-electron chi connectivity index (χ0n) is 11.2. The third kappa shape index (κ3) is 3.79. The maximum Gasteiger partial charge on any atom is 0.219 e. The molecule has 1 aromatic carbocycles. The van der Waals surface area contributed by atoms with E-state index in [-0.39, 0.29) is 22.7 Å². The van der Waals surface area contributed by atoms with Crippen LogP contribution in [0.5, 0.6) is 0 Å². The van der Waals surface area contributed by atoms with Crippen molar-refractivity contribution in [2.45, 2.75) is 24.0 Å². The predicted octanol–water partition coefficient (Wildman–Crippen LogP) is 1.91. The van der Waals surface area contributed by atoms with Crippen LogP contribution < -0.4 is 5.32 Å². The number of hydrogen-bond donors (Lipinski definition) is 1. The van der Waals surface area contributed by atoms with Crippen molar-refractivity contribution in [3.05, 3.63) is 35.9 Å². The Bertz CT molecular complexity index is 408. The molecule has 1 aliphatic rings. The summed E-state index contributed by atoms with van der Waals surface area (Å²) in [5, 5.41) is 3.74. The van der Waals surface area contributed by atoms with Crippen molar-refractivity contribution in [1.82, 2.24) is 5.32 Å². The van der Waals surface area contributed by atoms with Gasteiger partial charge in [0.05, 0.1) is 6.04 Å². The van der Waals surface area contributed by atoms with Gasteiger partial charge >= 0.3 is 0 Å². The topological polar surface area (TPSA) is 47.6 Å². The molecule has 104 valence electrons. The molecule has 2 rings (SSSR count). The van der Waals surface area contributed by atoms with Crippen LogP contribution in [0, 0.1) is 0 Å². The lowest BCUT2D eigenvalue weighted by Crippen LogP contribution is -2.37. The van der Waals surface area contributed by atoms with E-state index in [4.69, 9.17) is 9.47 Å². The van der Waals surface area contributed by atoms with E-state index in [0.29, 0.717) is 0 Å². The Balaban J connectivity index is 1.87. The summed E-state index contributed by atoms with van der Waals surface area (Å²) in [6, 6.07) is 9.53. The Morgan fingerprint density at radius 1 is 1.32 bits per heavy atom. The van der Waals surface area contributed by atoms with Crippen LogP contribution in [-0.4, -0.2) is 43.5 Å². The molecular weight excluding hydrogens is 262 g/mol. The van der Waals surface area contributed by atoms with Crippen molar-refractivity contribution in [3.63, 3.8) is 0 Å². The summed E-state index contributed by atoms with van der Waals surface area (Å²) < 4.78 is 10.5. The number of benzene rings is 1. The van der Waals surface area contributed by atoms with E-state index in [1.165, 1.54) is 11.8 Å². The van der Waals surface area contributed by atoms with Crippen molar-refractivity contribution in [3.8, 4) is 0 Å². The summed E-state index contributed by atoms with van der Waals surface area (Å²) in [5.74, 6) is 0. The summed E-state index contributed by atoms with van der Waals surface area (Å²) >= 11 is 1.39. The number of hydrogen-bond acceptors (Lipinski definition) is 5. The molecule has 0 aliphatic carbocycles. The van der Waals surface area contributed by atoms with Gasteiger partial charge in [-0.25, -0.2) is 0 Å². The number of ether oxygens (including phenoxy) is 2. The van der Waals surface area contributed by atoms with E-state index < -0.39 is 0 Å². The molecule has 0 saturated carbocycles. The van der Waals surface area contributed by atoms with Crippen molar-refractivity contribution in [2.75, 3.05) is 20.8 Å². The smallest absolute Gasteiger partial charge is 0.219 e. The standard InChI is InChI=1S/C14H19NO3S/c1-17-14(18-2)12-8-11(9-15-12)19-13(16)10-6-4-3-5-7-10/h3-7,11-12,14-15H,8-9H2,1-2H3/t11-,12-/m0/s1. The number of carbonyl (C=O) groups excluding carboxylic acids is 1. The van der Waals surface area contributed by atoms with Crippen molar-refractivity contribution in [2.24, 2.45) is 0 Å². The average Bonchev–Trinajstić information content (AvgIpc) is 2.89. The van der Waals surface area contributed by atoms with Crippen LogP contribution in [0.1, 0.15) is 16.8 Å². The molecule has 0 bridgehead atoms. The molecule has 2 atom stereocenters. The largest absolute Gasteiger partial charge is 0.354 e. The van der Waals surface area contributed by atoms with E-state index in [0.717, 1.165) is 18.5 Å². The summed E-state index contributed by atoms with van der Waals surface area (Å²) in [5.41, 5.74) is 0.756. The first-order valence-corrected chi connectivity index (χ1v) is 7.17. The predicted molar refractivity (Wildman–Crippen MR) is 76.4 cm³/mol. The minimum Gasteiger partial charge on any atom is -0.354 e. The maximum atomic E-state index is 12.1. The molecule has 1 saturated heterocycles. The lowest BCUT2D eigenvalue weighted by molar-refractivity contribution is -0.119. The minimum atomic E-state index is -0.252. The zero-order valence-corrected chi connectivity index (χ0v) is 12.0. The molecule has 1 aliphatic heterocycles. The number of methoxy groups -OCH3 is 2. The van der Waals surface area contributed by atoms with Gasteiger partial charge in [-0.3, -0.25) is 4.79 Å². The third-order valence-corrected chi connectivity index (χ3v) is 4.34. The summed E-state index contributed by atoms with van der Waals surface area (Å²) in [6.07, 6.45) is 0.618. The van der Waals surface area contributed by atoms with Gasteiger partial charge < -0.3 is 14.8 Å². The molecule has 1 N–H and O–H groups in total. The van der Waals surface area contributed by atoms with Crippen LogP contribution >= 0.6 is 11.8 Å². The van der Waals surface area contributed by atoms with Gasteiger partial charge in [0.2, 0.25) is 5.12 Å². The molecule has 0 amide bonds. The molecule has 19 heavy (non-hydrogen) atoms. The van der Waals surface area contributed by atoms with Gasteiger partial charge in [-0.05, 0) is 6.42 Å². The van der Waals surface area contributed by atoms with Gasteiger partial charge in [-0.2, -0.15) is 0 Å². The van der Waals surface area contributed by atoms with Crippen LogP contribution in [0.25, 0.3) is 0 Å². The molecule has 0 spiro atoms. The zero-order chi connectivity index (χ0) is 13.7. The van der Waals surface area contributed by atoms with Gasteiger partial charge in [0.1, 0.15) is 0 Å². The summed E-state index contributed by atoms with van der Waals surface area (Å²) in [6.45, 7) is 0.803. The molecule has 1 aromatic rings. The highest BCUT2D eigenvalue weighted by molar-refractivity contribution is 8.14. The van der Waals surface area contributed by atoms with Crippen molar-refractivity contribution < 1.29 is 14.3 Å². The van der Waals surface area contributed by atoms with Crippen LogP contribution in [0.3, 0.4) is 0 Å². The fraction of sp³-hybridized carbons (Fsp3) is 0.500. The van der Waals surface area contributed by atoms with E-state index in [1.54, 1.807) is 14.2 Å². The van der Waals surface area contributed by atoms with Crippen LogP contribution in [0.2, 0.25) is 0 Å². The van der Waals surface area contributed by atoms with Gasteiger partial charge in [0.15, 0.2) is 6.29 Å². The molecule has 0 radical (unpaired) electrons. The third-order valence-electron chi connectivity index (χ3n) is 3.20. The van der Waals surface area contributed by atoms with Gasteiger partial charge in [-0.15, -0.1) is 0 Å². The van der Waals surface area contributed by atoms with Crippen molar-refractivity contribution in [1.29, 1.82) is 0 Å². The highest BCUT2D eigenvalue weighted by Crippen LogP contribution is 2.26. The van der Waals surface area contributed by atoms with Gasteiger partial charge in [0, 0.05) is 31.6 Å². The van der Waals surface area contributed by atoms with E-state index in [9.17, 15) is 4.79 Å². The Hall–Kier alpha value is -0.880. The SMILES string of the molecule is COC(OC)[C@@H]1C[C@H](SC(=O)c2ccccc2)CN1. The van der Waals surface area contributed by atoms with E-state index in [1.807, 2.05) is 30.3 Å². The molecular formula is C14H19NO3S. The molecule has 1 heterocycles. The fourth-order valence-electron chi connectivity index (χ4n) is 2.25. The number of rotatable bonds is 5. The first-order chi connectivity index (χ1) is 9.24. The van der Waals surface area contributed by atoms with Crippen LogP contribution in [-0.2, 0) is 9.47 Å². The lowest BCUT2D eigenvalue weighted by Gasteiger charge is -2.20. The molecule has 5 heteroatoms. The second kappa shape index (κ2) is 7.05. The molecule has 1 fully saturated rings. The first-order valence-electron chi connectivity index (χ1n) is 6.29. The second-order valence-electron chi connectivity index (χ2n) is 4.48. The van der Waals surface area contributed by atoms with Gasteiger partial charge in [-0.1, -0.05) is 42.1 Å². The molecule has 0 unspecified atom stereocenters. The van der Waals surface area contributed by atoms with Crippen LogP contribution in [0.4, 0.5) is 0 Å². The fourth-order valence-corrected chi connectivity index (χ4v) is 3.31. The Labute approximate surface area is 117 Å². The van der Waals surface area contributed by atoms with E-state index in [2.05, 4.69) is 5.32 Å². The average molecular weight is 281 g/mol. The highest BCUT2D eigenvalue weighted by atomic mass is 32.2. The highest BCUT2D eigenvalue weighted by Gasteiger charge is 2.32. The molecule has 0 aromatic heterocycles.